The van der Waals surface area contributed by atoms with Crippen molar-refractivity contribution in [3.05, 3.63) is 0 Å². The Kier molecular flexibility index (Phi) is 7.78. The van der Waals surface area contributed by atoms with Crippen LogP contribution in [-0.4, -0.2) is 68.1 Å². The largest absolute Gasteiger partial charge is 0.444 e. The highest BCUT2D eigenvalue weighted by Gasteiger charge is 2.40. The predicted molar refractivity (Wildman–Crippen MR) is 86.3 cm³/mol. The molecule has 0 saturated heterocycles. The van der Waals surface area contributed by atoms with Crippen LogP contribution in [0.2, 0.25) is 0 Å². The molecule has 134 valence electrons. The van der Waals surface area contributed by atoms with E-state index in [1.165, 1.54) is 0 Å². The summed E-state index contributed by atoms with van der Waals surface area (Å²) in [5.41, 5.74) is -0.574. The van der Waals surface area contributed by atoms with Crippen molar-refractivity contribution in [1.29, 1.82) is 0 Å². The molecule has 0 aromatic carbocycles. The molecule has 0 aromatic heterocycles. The Hall–Kier alpha value is -1.34. The van der Waals surface area contributed by atoms with Gasteiger partial charge in [0.2, 0.25) is 5.91 Å². The predicted octanol–water partition coefficient (Wildman–Crippen LogP) is 1.55. The third kappa shape index (κ3) is 7.65. The van der Waals surface area contributed by atoms with E-state index in [2.05, 4.69) is 5.32 Å². The maximum absolute atomic E-state index is 12.3. The van der Waals surface area contributed by atoms with Crippen molar-refractivity contribution >= 4 is 12.0 Å². The summed E-state index contributed by atoms with van der Waals surface area (Å²) in [6.07, 6.45) is 1.40. The Morgan fingerprint density at radius 3 is 2.39 bits per heavy atom. The zero-order chi connectivity index (χ0) is 17.5. The maximum atomic E-state index is 12.3. The molecule has 1 rings (SSSR count). The summed E-state index contributed by atoms with van der Waals surface area (Å²) in [4.78, 5) is 26.1. The summed E-state index contributed by atoms with van der Waals surface area (Å²) in [5.74, 6) is -0.196. The van der Waals surface area contributed by atoms with Crippen molar-refractivity contribution in [3.63, 3.8) is 0 Å². The molecule has 2 amide bonds. The number of ether oxygens (including phenoxy) is 3. The van der Waals surface area contributed by atoms with Crippen LogP contribution in [0, 0.1) is 0 Å². The zero-order valence-corrected chi connectivity index (χ0v) is 14.9. The van der Waals surface area contributed by atoms with E-state index < -0.39 is 17.7 Å². The molecule has 7 nitrogen and oxygen atoms in total. The van der Waals surface area contributed by atoms with Crippen LogP contribution in [0.1, 0.15) is 40.5 Å². The quantitative estimate of drug-likeness (QED) is 0.649. The van der Waals surface area contributed by atoms with Gasteiger partial charge in [-0.25, -0.2) is 4.79 Å². The number of hydrogen-bond acceptors (Lipinski definition) is 5. The normalized spacial score (nSPS) is 15.9. The fourth-order valence-electron chi connectivity index (χ4n) is 2.06. The lowest BCUT2D eigenvalue weighted by Crippen LogP contribution is -2.51. The van der Waals surface area contributed by atoms with Crippen molar-refractivity contribution in [2.75, 3.05) is 33.5 Å². The lowest BCUT2D eigenvalue weighted by Gasteiger charge is -2.31. The maximum Gasteiger partial charge on any atom is 0.411 e. The molecule has 0 heterocycles. The first-order valence-corrected chi connectivity index (χ1v) is 8.12. The summed E-state index contributed by atoms with van der Waals surface area (Å²) in [6.45, 7) is 9.02. The second-order valence-electron chi connectivity index (χ2n) is 6.69. The number of rotatable bonds is 9. The first-order valence-electron chi connectivity index (χ1n) is 8.12. The standard InChI is InChI=1S/C16H30N2O5/c1-12(14(19)17-8-9-22-11-10-21-5)18(13-6-7-13)15(20)23-16(2,3)4/h12-13H,6-11H2,1-5H3,(H,17,19). The molecule has 1 saturated carbocycles. The van der Waals surface area contributed by atoms with Crippen molar-refractivity contribution < 1.29 is 23.8 Å². The van der Waals surface area contributed by atoms with Crippen LogP contribution in [0.15, 0.2) is 0 Å². The molecule has 1 atom stereocenters. The Bertz CT molecular complexity index is 390. The van der Waals surface area contributed by atoms with Gasteiger partial charge in [-0.1, -0.05) is 0 Å². The molecule has 0 radical (unpaired) electrons. The molecule has 1 unspecified atom stereocenters. The third-order valence-electron chi connectivity index (χ3n) is 3.32. The monoisotopic (exact) mass is 330 g/mol. The summed E-state index contributed by atoms with van der Waals surface area (Å²) in [7, 11) is 1.61. The first-order chi connectivity index (χ1) is 10.8. The van der Waals surface area contributed by atoms with Crippen LogP contribution in [-0.2, 0) is 19.0 Å². The van der Waals surface area contributed by atoms with Gasteiger partial charge in [0, 0.05) is 19.7 Å². The van der Waals surface area contributed by atoms with Crippen LogP contribution in [0.4, 0.5) is 4.79 Å². The molecular formula is C16H30N2O5. The lowest BCUT2D eigenvalue weighted by atomic mass is 10.2. The average Bonchev–Trinajstić information content (AvgIpc) is 3.25. The van der Waals surface area contributed by atoms with Gasteiger partial charge < -0.3 is 19.5 Å². The molecule has 1 N–H and O–H groups in total. The van der Waals surface area contributed by atoms with Crippen molar-refractivity contribution in [2.24, 2.45) is 0 Å². The van der Waals surface area contributed by atoms with Gasteiger partial charge in [-0.3, -0.25) is 9.69 Å². The minimum Gasteiger partial charge on any atom is -0.444 e. The highest BCUT2D eigenvalue weighted by Crippen LogP contribution is 2.30. The van der Waals surface area contributed by atoms with Crippen molar-refractivity contribution in [1.82, 2.24) is 10.2 Å². The van der Waals surface area contributed by atoms with Crippen LogP contribution in [0.3, 0.4) is 0 Å². The van der Waals surface area contributed by atoms with Gasteiger partial charge in [0.1, 0.15) is 11.6 Å². The van der Waals surface area contributed by atoms with E-state index >= 15 is 0 Å². The number of methoxy groups -OCH3 is 1. The second kappa shape index (κ2) is 9.08. The first kappa shape index (κ1) is 19.7. The van der Waals surface area contributed by atoms with Gasteiger partial charge in [0.25, 0.3) is 0 Å². The van der Waals surface area contributed by atoms with Crippen molar-refractivity contribution in [2.45, 2.75) is 58.2 Å². The minimum atomic E-state index is -0.574. The van der Waals surface area contributed by atoms with E-state index in [9.17, 15) is 9.59 Å². The minimum absolute atomic E-state index is 0.101. The Balaban J connectivity index is 2.42. The summed E-state index contributed by atoms with van der Waals surface area (Å²) in [5, 5.41) is 2.79. The van der Waals surface area contributed by atoms with Crippen LogP contribution in [0.25, 0.3) is 0 Å². The van der Waals surface area contributed by atoms with E-state index in [4.69, 9.17) is 14.2 Å². The fourth-order valence-corrected chi connectivity index (χ4v) is 2.06. The molecule has 0 aliphatic heterocycles. The van der Waals surface area contributed by atoms with Gasteiger partial charge in [-0.05, 0) is 40.5 Å². The number of hydrogen-bond donors (Lipinski definition) is 1. The number of carbonyl (C=O) groups is 2. The Morgan fingerprint density at radius 2 is 1.87 bits per heavy atom. The molecule has 23 heavy (non-hydrogen) atoms. The molecule has 7 heteroatoms. The van der Waals surface area contributed by atoms with Gasteiger partial charge in [-0.2, -0.15) is 0 Å². The van der Waals surface area contributed by atoms with E-state index in [1.54, 1.807) is 18.9 Å². The number of nitrogens with one attached hydrogen (secondary N) is 1. The van der Waals surface area contributed by atoms with E-state index in [0.717, 1.165) is 12.8 Å². The van der Waals surface area contributed by atoms with Crippen LogP contribution >= 0.6 is 0 Å². The third-order valence-corrected chi connectivity index (χ3v) is 3.32. The van der Waals surface area contributed by atoms with Gasteiger partial charge in [0.15, 0.2) is 0 Å². The lowest BCUT2D eigenvalue weighted by molar-refractivity contribution is -0.126. The van der Waals surface area contributed by atoms with Crippen molar-refractivity contribution in [3.8, 4) is 0 Å². The summed E-state index contributed by atoms with van der Waals surface area (Å²) >= 11 is 0. The highest BCUT2D eigenvalue weighted by atomic mass is 16.6. The molecule has 1 aliphatic rings. The number of carbonyl (C=O) groups excluding carboxylic acids is 2. The summed E-state index contributed by atoms with van der Waals surface area (Å²) in [6, 6.07) is -0.458. The van der Waals surface area contributed by atoms with Crippen LogP contribution < -0.4 is 5.32 Å². The summed E-state index contributed by atoms with van der Waals surface area (Å²) < 4.78 is 15.6. The van der Waals surface area contributed by atoms with Gasteiger partial charge in [0.05, 0.1) is 19.8 Å². The van der Waals surface area contributed by atoms with E-state index in [0.29, 0.717) is 26.4 Å². The Morgan fingerprint density at radius 1 is 1.22 bits per heavy atom. The second-order valence-corrected chi connectivity index (χ2v) is 6.69. The number of amides is 2. The van der Waals surface area contributed by atoms with E-state index in [-0.39, 0.29) is 11.9 Å². The van der Waals surface area contributed by atoms with Crippen LogP contribution in [0.5, 0.6) is 0 Å². The smallest absolute Gasteiger partial charge is 0.411 e. The molecule has 0 aromatic rings. The SMILES string of the molecule is COCCOCCNC(=O)C(C)N(C(=O)OC(C)(C)C)C1CC1. The zero-order valence-electron chi connectivity index (χ0n) is 14.9. The topological polar surface area (TPSA) is 77.1 Å². The van der Waals surface area contributed by atoms with E-state index in [1.807, 2.05) is 20.8 Å². The number of nitrogens with zero attached hydrogens (tertiary/aromatic N) is 1. The highest BCUT2D eigenvalue weighted by molar-refractivity contribution is 5.85. The Labute approximate surface area is 138 Å². The molecule has 1 aliphatic carbocycles. The average molecular weight is 330 g/mol. The molecule has 0 spiro atoms. The molecular weight excluding hydrogens is 300 g/mol. The van der Waals surface area contributed by atoms with Gasteiger partial charge in [-0.15, -0.1) is 0 Å². The molecule has 1 fully saturated rings. The molecule has 0 bridgehead atoms. The van der Waals surface area contributed by atoms with Gasteiger partial charge >= 0.3 is 6.09 Å². The fraction of sp³-hybridized carbons (Fsp3) is 0.875.